The minimum absolute atomic E-state index is 0.0910. The molecule has 4 aliphatic rings. The van der Waals surface area contributed by atoms with Gasteiger partial charge < -0.3 is 19.6 Å². The Morgan fingerprint density at radius 3 is 1.35 bits per heavy atom. The number of rotatable bonds is 14. The standard InChI is InChI=1S/C49H60N10OS2/c1-54(37-17-25-58(26-18-37)46-43-39(35-13-5-3-6-14-35)31-61-48(43)52-33-50-46)29-41(56-21-9-10-22-56)45(60)42(57-23-11-12-24-57)30-55(2)38-19-27-59(28-20-38)47-44-40(36-15-7-4-8-16-36)32-62-49(44)53-34-51-47/h3-8,13-16,31-34,37-38,41-42H,9-12,17-30H2,1-2H3. The highest BCUT2D eigenvalue weighted by atomic mass is 32.1. The number of hydrogen-bond acceptors (Lipinski definition) is 13. The highest BCUT2D eigenvalue weighted by molar-refractivity contribution is 7.17. The highest BCUT2D eigenvalue weighted by Crippen LogP contribution is 2.40. The predicted octanol–water partition coefficient (Wildman–Crippen LogP) is 8.03. The van der Waals surface area contributed by atoms with Gasteiger partial charge in [0.2, 0.25) is 0 Å². The Morgan fingerprint density at radius 1 is 0.581 bits per heavy atom. The van der Waals surface area contributed by atoms with E-state index in [0.29, 0.717) is 17.9 Å². The fourth-order valence-electron chi connectivity index (χ4n) is 10.8. The number of Topliss-reactive ketones (excluding diaryl/α,β-unsaturated/α-hetero) is 1. The SMILES string of the molecule is CN(CC(C(=O)C(CN(C)C1CCN(c2ncnc3scc(-c4ccccc4)c23)CC1)N1CCCC1)N1CCCC1)C1CCN(c2ncnc3scc(-c4ccccc4)c23)CC1. The summed E-state index contributed by atoms with van der Waals surface area (Å²) in [5.74, 6) is 2.54. The number of anilines is 2. The zero-order chi connectivity index (χ0) is 42.0. The van der Waals surface area contributed by atoms with Crippen LogP contribution in [0.3, 0.4) is 0 Å². The van der Waals surface area contributed by atoms with E-state index in [0.717, 1.165) is 112 Å². The number of nitrogens with zero attached hydrogens (tertiary/aromatic N) is 10. The molecule has 0 bridgehead atoms. The van der Waals surface area contributed by atoms with Crippen LogP contribution in [-0.4, -0.2) is 149 Å². The molecule has 8 heterocycles. The molecule has 2 atom stereocenters. The molecule has 4 aromatic heterocycles. The molecule has 0 N–H and O–H groups in total. The molecule has 4 fully saturated rings. The predicted molar refractivity (Wildman–Crippen MR) is 256 cm³/mol. The number of aromatic nitrogens is 4. The van der Waals surface area contributed by atoms with Crippen LogP contribution >= 0.6 is 22.7 Å². The average Bonchev–Trinajstić information content (AvgIpc) is 4.18. The fraction of sp³-hybridized carbons (Fsp3) is 0.490. The molecule has 324 valence electrons. The van der Waals surface area contributed by atoms with Crippen LogP contribution in [0.25, 0.3) is 42.7 Å². The molecule has 4 saturated heterocycles. The lowest BCUT2D eigenvalue weighted by Gasteiger charge is -2.42. The maximum Gasteiger partial charge on any atom is 0.169 e. The number of likely N-dealkylation sites (tertiary alicyclic amines) is 2. The lowest BCUT2D eigenvalue weighted by molar-refractivity contribution is -0.130. The summed E-state index contributed by atoms with van der Waals surface area (Å²) in [4.78, 5) is 51.5. The maximum absolute atomic E-state index is 15.2. The Balaban J connectivity index is 0.807. The van der Waals surface area contributed by atoms with Crippen LogP contribution in [0.15, 0.2) is 84.1 Å². The second kappa shape index (κ2) is 18.8. The number of likely N-dealkylation sites (N-methyl/N-ethyl adjacent to an activating group) is 2. The Bertz CT molecular complexity index is 2250. The second-order valence-electron chi connectivity index (χ2n) is 18.0. The third kappa shape index (κ3) is 8.52. The van der Waals surface area contributed by atoms with Crippen LogP contribution in [0, 0.1) is 0 Å². The van der Waals surface area contributed by atoms with Gasteiger partial charge >= 0.3 is 0 Å². The molecule has 0 spiro atoms. The van der Waals surface area contributed by atoms with E-state index in [4.69, 9.17) is 9.97 Å². The van der Waals surface area contributed by atoms with Gasteiger partial charge in [0.1, 0.15) is 34.0 Å². The average molecular weight is 869 g/mol. The van der Waals surface area contributed by atoms with Crippen molar-refractivity contribution in [2.45, 2.75) is 75.5 Å². The molecule has 6 aromatic rings. The third-order valence-electron chi connectivity index (χ3n) is 14.4. The zero-order valence-corrected chi connectivity index (χ0v) is 38.0. The number of ketones is 1. The van der Waals surface area contributed by atoms with Crippen molar-refractivity contribution in [3.05, 3.63) is 84.1 Å². The smallest absolute Gasteiger partial charge is 0.169 e. The Labute approximate surface area is 374 Å². The lowest BCUT2D eigenvalue weighted by atomic mass is 9.97. The van der Waals surface area contributed by atoms with Gasteiger partial charge in [0.15, 0.2) is 5.78 Å². The van der Waals surface area contributed by atoms with E-state index >= 15 is 4.79 Å². The molecule has 10 rings (SSSR count). The minimum atomic E-state index is -0.0910. The molecule has 62 heavy (non-hydrogen) atoms. The van der Waals surface area contributed by atoms with Crippen molar-refractivity contribution >= 4 is 60.5 Å². The molecule has 2 unspecified atom stereocenters. The van der Waals surface area contributed by atoms with Gasteiger partial charge in [0, 0.05) is 73.2 Å². The monoisotopic (exact) mass is 868 g/mol. The first kappa shape index (κ1) is 41.6. The molecule has 0 radical (unpaired) electrons. The van der Waals surface area contributed by atoms with E-state index in [1.807, 2.05) is 0 Å². The summed E-state index contributed by atoms with van der Waals surface area (Å²) in [6, 6.07) is 21.9. The summed E-state index contributed by atoms with van der Waals surface area (Å²) in [5, 5.41) is 6.80. The molecule has 11 nitrogen and oxygen atoms in total. The van der Waals surface area contributed by atoms with Crippen molar-refractivity contribution < 1.29 is 4.79 Å². The van der Waals surface area contributed by atoms with Gasteiger partial charge in [-0.2, -0.15) is 0 Å². The Hall–Kier alpha value is -4.37. The van der Waals surface area contributed by atoms with E-state index in [1.54, 1.807) is 35.3 Å². The molecule has 4 aliphatic heterocycles. The molecular formula is C49H60N10OS2. The van der Waals surface area contributed by atoms with E-state index in [1.165, 1.54) is 58.7 Å². The number of fused-ring (bicyclic) bond motifs is 2. The summed E-state index contributed by atoms with van der Waals surface area (Å²) in [5.41, 5.74) is 4.86. The van der Waals surface area contributed by atoms with E-state index in [9.17, 15) is 0 Å². The highest BCUT2D eigenvalue weighted by Gasteiger charge is 2.40. The zero-order valence-electron chi connectivity index (χ0n) is 36.3. The van der Waals surface area contributed by atoms with Crippen molar-refractivity contribution in [2.24, 2.45) is 0 Å². The van der Waals surface area contributed by atoms with Crippen molar-refractivity contribution in [1.29, 1.82) is 0 Å². The van der Waals surface area contributed by atoms with Crippen molar-refractivity contribution in [3.8, 4) is 22.3 Å². The van der Waals surface area contributed by atoms with Crippen LogP contribution in [0.4, 0.5) is 11.6 Å². The first-order valence-corrected chi connectivity index (χ1v) is 24.7. The number of piperidine rings is 2. The van der Waals surface area contributed by atoms with Gasteiger partial charge in [-0.05, 0) is 103 Å². The van der Waals surface area contributed by atoms with Crippen LogP contribution < -0.4 is 9.80 Å². The van der Waals surface area contributed by atoms with Gasteiger partial charge in [-0.3, -0.25) is 14.6 Å². The van der Waals surface area contributed by atoms with E-state index < -0.39 is 0 Å². The van der Waals surface area contributed by atoms with Gasteiger partial charge in [-0.1, -0.05) is 60.7 Å². The van der Waals surface area contributed by atoms with Gasteiger partial charge in [-0.25, -0.2) is 19.9 Å². The fourth-order valence-corrected chi connectivity index (χ4v) is 12.7. The van der Waals surface area contributed by atoms with Crippen LogP contribution in [-0.2, 0) is 4.79 Å². The quantitative estimate of drug-likeness (QED) is 0.107. The molecule has 13 heteroatoms. The van der Waals surface area contributed by atoms with Crippen LogP contribution in [0.5, 0.6) is 0 Å². The summed E-state index contributed by atoms with van der Waals surface area (Å²) in [7, 11) is 4.56. The Morgan fingerprint density at radius 2 is 0.968 bits per heavy atom. The minimum Gasteiger partial charge on any atom is -0.356 e. The number of benzene rings is 2. The van der Waals surface area contributed by atoms with Gasteiger partial charge in [0.05, 0.1) is 22.9 Å². The van der Waals surface area contributed by atoms with Crippen LogP contribution in [0.1, 0.15) is 51.4 Å². The van der Waals surface area contributed by atoms with Crippen LogP contribution in [0.2, 0.25) is 0 Å². The second-order valence-corrected chi connectivity index (χ2v) is 19.7. The first-order chi connectivity index (χ1) is 30.5. The van der Waals surface area contributed by atoms with Crippen molar-refractivity contribution in [3.63, 3.8) is 0 Å². The molecule has 0 amide bonds. The summed E-state index contributed by atoms with van der Waals surface area (Å²) >= 11 is 3.40. The molecule has 0 saturated carbocycles. The number of thiophene rings is 2. The first-order valence-electron chi connectivity index (χ1n) is 23.0. The summed E-state index contributed by atoms with van der Waals surface area (Å²) < 4.78 is 0. The molecule has 0 aliphatic carbocycles. The van der Waals surface area contributed by atoms with Gasteiger partial charge in [0.25, 0.3) is 0 Å². The maximum atomic E-state index is 15.2. The normalized spacial score (nSPS) is 19.7. The van der Waals surface area contributed by atoms with E-state index in [-0.39, 0.29) is 12.1 Å². The van der Waals surface area contributed by atoms with Crippen molar-refractivity contribution in [2.75, 3.05) is 89.3 Å². The number of carbonyl (C=O) groups is 1. The number of hydrogen-bond donors (Lipinski definition) is 0. The third-order valence-corrected chi connectivity index (χ3v) is 16.2. The van der Waals surface area contributed by atoms with Crippen molar-refractivity contribution in [1.82, 2.24) is 39.5 Å². The Kier molecular flexibility index (Phi) is 12.6. The summed E-state index contributed by atoms with van der Waals surface area (Å²) in [6.07, 6.45) is 12.4. The van der Waals surface area contributed by atoms with Gasteiger partial charge in [-0.15, -0.1) is 22.7 Å². The molecule has 2 aromatic carbocycles. The number of carbonyl (C=O) groups excluding carboxylic acids is 1. The lowest BCUT2D eigenvalue weighted by Crippen LogP contribution is -2.59. The topological polar surface area (TPSA) is 88.1 Å². The largest absolute Gasteiger partial charge is 0.356 e. The summed E-state index contributed by atoms with van der Waals surface area (Å²) in [6.45, 7) is 9.42. The molecular weight excluding hydrogens is 809 g/mol. The van der Waals surface area contributed by atoms with E-state index in [2.05, 4.69) is 125 Å².